The molecule has 0 saturated heterocycles. The average molecular weight is 330 g/mol. The van der Waals surface area contributed by atoms with Crippen molar-refractivity contribution in [1.82, 2.24) is 14.7 Å². The zero-order valence-corrected chi connectivity index (χ0v) is 13.6. The van der Waals surface area contributed by atoms with Crippen LogP contribution in [0.4, 0.5) is 10.1 Å². The maximum Gasteiger partial charge on any atom is 0.235 e. The van der Waals surface area contributed by atoms with Crippen molar-refractivity contribution in [1.29, 1.82) is 0 Å². The number of carbonyl (C=O) groups excluding carboxylic acids is 2. The fraction of sp³-hybridized carbons (Fsp3) is 0.353. The molecule has 0 radical (unpaired) electrons. The van der Waals surface area contributed by atoms with Crippen LogP contribution in [0.25, 0.3) is 0 Å². The molecule has 1 aromatic carbocycles. The maximum absolute atomic E-state index is 13.8. The van der Waals surface area contributed by atoms with Crippen molar-refractivity contribution >= 4 is 17.5 Å². The number of hydrogen-bond acceptors (Lipinski definition) is 3. The van der Waals surface area contributed by atoms with Crippen LogP contribution in [0.15, 0.2) is 30.5 Å². The molecule has 3 rings (SSSR count). The highest BCUT2D eigenvalue weighted by atomic mass is 19.1. The van der Waals surface area contributed by atoms with Crippen molar-refractivity contribution in [2.75, 3.05) is 11.9 Å². The first kappa shape index (κ1) is 16.2. The van der Waals surface area contributed by atoms with Gasteiger partial charge in [-0.3, -0.25) is 14.3 Å². The number of anilines is 1. The van der Waals surface area contributed by atoms with E-state index in [-0.39, 0.29) is 24.0 Å². The quantitative estimate of drug-likeness (QED) is 0.936. The third-order valence-electron chi connectivity index (χ3n) is 4.13. The normalized spacial score (nSPS) is 16.6. The molecule has 0 saturated carbocycles. The van der Waals surface area contributed by atoms with Crippen molar-refractivity contribution < 1.29 is 14.0 Å². The van der Waals surface area contributed by atoms with E-state index in [2.05, 4.69) is 10.4 Å². The molecule has 2 amide bonds. The molecule has 126 valence electrons. The van der Waals surface area contributed by atoms with E-state index >= 15 is 0 Å². The van der Waals surface area contributed by atoms with Crippen LogP contribution in [-0.2, 0) is 23.2 Å². The molecular weight excluding hydrogens is 311 g/mol. The summed E-state index contributed by atoms with van der Waals surface area (Å²) in [6, 6.07) is 6.00. The first-order valence-corrected chi connectivity index (χ1v) is 7.85. The summed E-state index contributed by atoms with van der Waals surface area (Å²) in [6.07, 6.45) is 2.19. The second kappa shape index (κ2) is 6.43. The van der Waals surface area contributed by atoms with E-state index in [9.17, 15) is 14.0 Å². The van der Waals surface area contributed by atoms with E-state index in [0.29, 0.717) is 18.7 Å². The Hall–Kier alpha value is -2.70. The number of aromatic nitrogens is 2. The van der Waals surface area contributed by atoms with E-state index in [1.165, 1.54) is 12.1 Å². The number of para-hydroxylation sites is 1. The lowest BCUT2D eigenvalue weighted by Gasteiger charge is -2.31. The molecule has 1 N–H and O–H groups in total. The third-order valence-corrected chi connectivity index (χ3v) is 4.13. The molecule has 0 fully saturated rings. The number of carbonyl (C=O) groups is 2. The molecule has 7 heteroatoms. The number of benzene rings is 1. The molecule has 1 aliphatic heterocycles. The molecule has 0 aliphatic carbocycles. The van der Waals surface area contributed by atoms with Gasteiger partial charge in [-0.1, -0.05) is 19.1 Å². The van der Waals surface area contributed by atoms with Gasteiger partial charge in [0.05, 0.1) is 11.4 Å². The van der Waals surface area contributed by atoms with E-state index in [0.717, 1.165) is 5.56 Å². The molecular formula is C17H19FN4O2. The minimum Gasteiger partial charge on any atom is -0.337 e. The minimum atomic E-state index is -0.620. The SMILES string of the molecule is CCC(=O)N1Cc2cn(C)nc2[C@@H](C(=O)Nc2ccccc2F)C1. The number of hydrogen-bond donors (Lipinski definition) is 1. The summed E-state index contributed by atoms with van der Waals surface area (Å²) >= 11 is 0. The summed E-state index contributed by atoms with van der Waals surface area (Å²) in [5.41, 5.74) is 1.62. The van der Waals surface area contributed by atoms with Gasteiger partial charge < -0.3 is 10.2 Å². The highest BCUT2D eigenvalue weighted by molar-refractivity contribution is 5.96. The summed E-state index contributed by atoms with van der Waals surface area (Å²) < 4.78 is 15.4. The molecule has 0 unspecified atom stereocenters. The zero-order valence-electron chi connectivity index (χ0n) is 13.6. The molecule has 6 nitrogen and oxygen atoms in total. The highest BCUT2D eigenvalue weighted by Gasteiger charge is 2.35. The van der Waals surface area contributed by atoms with Crippen molar-refractivity contribution in [3.63, 3.8) is 0 Å². The second-order valence-corrected chi connectivity index (χ2v) is 5.86. The number of fused-ring (bicyclic) bond motifs is 1. The molecule has 0 spiro atoms. The number of rotatable bonds is 3. The van der Waals surface area contributed by atoms with E-state index in [4.69, 9.17) is 0 Å². The van der Waals surface area contributed by atoms with Crippen molar-refractivity contribution in [3.05, 3.63) is 47.5 Å². The van der Waals surface area contributed by atoms with Gasteiger partial charge in [0, 0.05) is 38.3 Å². The van der Waals surface area contributed by atoms with Gasteiger partial charge in [0.2, 0.25) is 11.8 Å². The van der Waals surface area contributed by atoms with Crippen LogP contribution in [0, 0.1) is 5.82 Å². The Kier molecular flexibility index (Phi) is 4.33. The van der Waals surface area contributed by atoms with Gasteiger partial charge in [-0.25, -0.2) is 4.39 Å². The Morgan fingerprint density at radius 2 is 2.12 bits per heavy atom. The standard InChI is InChI=1S/C17H19FN4O2/c1-3-15(23)22-9-11-8-21(2)20-16(11)12(10-22)17(24)19-14-7-5-4-6-13(14)18/h4-8,12H,3,9-10H2,1-2H3,(H,19,24)/t12-/m0/s1. The van der Waals surface area contributed by atoms with E-state index in [1.807, 2.05) is 6.20 Å². The average Bonchev–Trinajstić information content (AvgIpc) is 2.95. The molecule has 0 bridgehead atoms. The molecule has 2 heterocycles. The van der Waals surface area contributed by atoms with Crippen LogP contribution in [-0.4, -0.2) is 33.0 Å². The van der Waals surface area contributed by atoms with Crippen molar-refractivity contribution in [2.45, 2.75) is 25.8 Å². The zero-order chi connectivity index (χ0) is 17.3. The van der Waals surface area contributed by atoms with Crippen LogP contribution in [0.5, 0.6) is 0 Å². The smallest absolute Gasteiger partial charge is 0.235 e. The summed E-state index contributed by atoms with van der Waals surface area (Å²) in [7, 11) is 1.77. The van der Waals surface area contributed by atoms with E-state index < -0.39 is 11.7 Å². The Labute approximate surface area is 139 Å². The predicted octanol–water partition coefficient (Wildman–Crippen LogP) is 2.03. The fourth-order valence-electron chi connectivity index (χ4n) is 2.95. The Balaban J connectivity index is 1.88. The van der Waals surface area contributed by atoms with E-state index in [1.54, 1.807) is 35.7 Å². The highest BCUT2D eigenvalue weighted by Crippen LogP contribution is 2.29. The van der Waals surface area contributed by atoms with Crippen LogP contribution >= 0.6 is 0 Å². The Bertz CT molecular complexity index is 787. The number of amides is 2. The van der Waals surface area contributed by atoms with Gasteiger partial charge in [0.25, 0.3) is 0 Å². The second-order valence-electron chi connectivity index (χ2n) is 5.86. The van der Waals surface area contributed by atoms with Crippen LogP contribution in [0.3, 0.4) is 0 Å². The van der Waals surface area contributed by atoms with Gasteiger partial charge in [0.15, 0.2) is 0 Å². The lowest BCUT2D eigenvalue weighted by Crippen LogP contribution is -2.41. The van der Waals surface area contributed by atoms with Gasteiger partial charge in [-0.2, -0.15) is 5.10 Å². The largest absolute Gasteiger partial charge is 0.337 e. The molecule has 1 atom stereocenters. The first-order chi connectivity index (χ1) is 11.5. The Morgan fingerprint density at radius 3 is 2.83 bits per heavy atom. The van der Waals surface area contributed by atoms with Gasteiger partial charge in [-0.05, 0) is 12.1 Å². The molecule has 2 aromatic rings. The monoisotopic (exact) mass is 330 g/mol. The van der Waals surface area contributed by atoms with Crippen LogP contribution in [0.1, 0.15) is 30.5 Å². The molecule has 1 aliphatic rings. The third kappa shape index (κ3) is 3.02. The van der Waals surface area contributed by atoms with Gasteiger partial charge in [0.1, 0.15) is 11.7 Å². The fourth-order valence-corrected chi connectivity index (χ4v) is 2.95. The predicted molar refractivity (Wildman–Crippen MR) is 86.7 cm³/mol. The summed E-state index contributed by atoms with van der Waals surface area (Å²) in [5, 5.41) is 6.97. The summed E-state index contributed by atoms with van der Waals surface area (Å²) in [5.74, 6) is -1.50. The number of aryl methyl sites for hydroxylation is 1. The van der Waals surface area contributed by atoms with Crippen molar-refractivity contribution in [2.24, 2.45) is 7.05 Å². The number of halogens is 1. The number of nitrogens with one attached hydrogen (secondary N) is 1. The first-order valence-electron chi connectivity index (χ1n) is 7.85. The molecule has 24 heavy (non-hydrogen) atoms. The van der Waals surface area contributed by atoms with Gasteiger partial charge >= 0.3 is 0 Å². The van der Waals surface area contributed by atoms with Crippen molar-refractivity contribution in [3.8, 4) is 0 Å². The molecule has 1 aromatic heterocycles. The summed E-state index contributed by atoms with van der Waals surface area (Å²) in [4.78, 5) is 26.4. The van der Waals surface area contributed by atoms with Crippen LogP contribution < -0.4 is 5.32 Å². The van der Waals surface area contributed by atoms with Gasteiger partial charge in [-0.15, -0.1) is 0 Å². The maximum atomic E-state index is 13.8. The minimum absolute atomic E-state index is 0.0202. The Morgan fingerprint density at radius 1 is 1.38 bits per heavy atom. The lowest BCUT2D eigenvalue weighted by atomic mass is 9.95. The summed E-state index contributed by atoms with van der Waals surface area (Å²) in [6.45, 7) is 2.48. The number of nitrogens with zero attached hydrogens (tertiary/aromatic N) is 3. The lowest BCUT2D eigenvalue weighted by molar-refractivity contribution is -0.132. The topological polar surface area (TPSA) is 67.2 Å². The van der Waals surface area contributed by atoms with Crippen LogP contribution in [0.2, 0.25) is 0 Å².